The largest absolute Gasteiger partial charge is 0.444 e. The third-order valence-corrected chi connectivity index (χ3v) is 8.79. The number of hydrogen-bond acceptors (Lipinski definition) is 9. The quantitative estimate of drug-likeness (QED) is 0.0863. The lowest BCUT2D eigenvalue weighted by Gasteiger charge is -2.34. The van der Waals surface area contributed by atoms with Crippen LogP contribution in [0.2, 0.25) is 20.1 Å². The second-order valence-corrected chi connectivity index (χ2v) is 14.8. The predicted molar refractivity (Wildman–Crippen MR) is 211 cm³/mol. The molecule has 4 N–H and O–H groups in total. The van der Waals surface area contributed by atoms with Crippen molar-refractivity contribution in [3.63, 3.8) is 0 Å². The smallest absolute Gasteiger partial charge is 0.410 e. The van der Waals surface area contributed by atoms with E-state index in [9.17, 15) is 19.2 Å². The SMILES string of the molecule is CC(C)(C)OC(=O)N1CCC(n2cc(C(=O)c3cccc(NC(=O)Nc4cc(Cl)cc(Cl)c4)c3)c3c(N)ncnc32)CC1.O=C=Nc1cc(Cl)cc(Cl)c1. The van der Waals surface area contributed by atoms with Crippen LogP contribution in [0, 0.1) is 0 Å². The number of likely N-dealkylation sites (tertiary alicyclic amines) is 1. The number of ether oxygens (including phenoxy) is 1. The van der Waals surface area contributed by atoms with E-state index >= 15 is 0 Å². The van der Waals surface area contributed by atoms with Crippen molar-refractivity contribution in [1.29, 1.82) is 0 Å². The highest BCUT2D eigenvalue weighted by molar-refractivity contribution is 6.35. The molecule has 6 rings (SSSR count). The number of fused-ring (bicyclic) bond motifs is 1. The first-order chi connectivity index (χ1) is 25.6. The van der Waals surface area contributed by atoms with E-state index in [0.717, 1.165) is 0 Å². The van der Waals surface area contributed by atoms with Gasteiger partial charge in [-0.15, -0.1) is 0 Å². The summed E-state index contributed by atoms with van der Waals surface area (Å²) in [5.74, 6) is -0.116. The van der Waals surface area contributed by atoms with E-state index < -0.39 is 11.6 Å². The van der Waals surface area contributed by atoms with E-state index in [2.05, 4.69) is 25.6 Å². The van der Waals surface area contributed by atoms with Crippen molar-refractivity contribution >= 4 is 104 Å². The zero-order valence-corrected chi connectivity index (χ0v) is 32.2. The van der Waals surface area contributed by atoms with Crippen LogP contribution in [0.25, 0.3) is 11.0 Å². The molecule has 54 heavy (non-hydrogen) atoms. The fourth-order valence-corrected chi connectivity index (χ4v) is 6.72. The van der Waals surface area contributed by atoms with Gasteiger partial charge in [-0.2, -0.15) is 4.99 Å². The number of carbonyl (C=O) groups is 3. The van der Waals surface area contributed by atoms with Gasteiger partial charge in [0.25, 0.3) is 0 Å². The van der Waals surface area contributed by atoms with E-state index in [1.807, 2.05) is 25.3 Å². The molecule has 0 radical (unpaired) electrons. The van der Waals surface area contributed by atoms with Crippen LogP contribution in [0.1, 0.15) is 55.6 Å². The van der Waals surface area contributed by atoms with Crippen molar-refractivity contribution in [3.8, 4) is 0 Å². The number of anilines is 3. The summed E-state index contributed by atoms with van der Waals surface area (Å²) < 4.78 is 7.46. The number of nitrogen functional groups attached to an aromatic ring is 1. The summed E-state index contributed by atoms with van der Waals surface area (Å²) in [6.45, 7) is 6.51. The fraction of sp³-hybridized carbons (Fsp3) is 0.243. The Balaban J connectivity index is 0.000000438. The first-order valence-corrected chi connectivity index (χ1v) is 17.9. The Bertz CT molecular complexity index is 2220. The zero-order valence-electron chi connectivity index (χ0n) is 29.2. The van der Waals surface area contributed by atoms with Gasteiger partial charge in [-0.25, -0.2) is 24.4 Å². The number of aromatic nitrogens is 3. The van der Waals surface area contributed by atoms with Gasteiger partial charge in [-0.1, -0.05) is 58.5 Å². The number of carbonyl (C=O) groups excluding carboxylic acids is 4. The number of nitrogens with zero attached hydrogens (tertiary/aromatic N) is 5. The van der Waals surface area contributed by atoms with Gasteiger partial charge in [-0.05, 0) is 82.1 Å². The Morgan fingerprint density at radius 3 is 2.11 bits per heavy atom. The number of benzene rings is 3. The van der Waals surface area contributed by atoms with E-state index in [1.165, 1.54) is 24.5 Å². The van der Waals surface area contributed by atoms with E-state index in [-0.39, 0.29) is 23.7 Å². The average Bonchev–Trinajstić information content (AvgIpc) is 3.48. The molecule has 5 aromatic rings. The average molecular weight is 813 g/mol. The van der Waals surface area contributed by atoms with Crippen LogP contribution in [0.4, 0.5) is 32.5 Å². The number of isocyanates is 1. The minimum absolute atomic E-state index is 0.0197. The molecule has 1 fully saturated rings. The van der Waals surface area contributed by atoms with Crippen molar-refractivity contribution in [2.45, 2.75) is 45.3 Å². The van der Waals surface area contributed by atoms with Crippen LogP contribution in [0.3, 0.4) is 0 Å². The van der Waals surface area contributed by atoms with Crippen molar-refractivity contribution in [1.82, 2.24) is 19.4 Å². The monoisotopic (exact) mass is 810 g/mol. The Morgan fingerprint density at radius 2 is 1.50 bits per heavy atom. The number of halogens is 4. The summed E-state index contributed by atoms with van der Waals surface area (Å²) in [4.78, 5) is 62.5. The third kappa shape index (κ3) is 10.5. The number of aliphatic imine (C=N–C) groups is 1. The van der Waals surface area contributed by atoms with E-state index in [4.69, 9.17) is 56.9 Å². The fourth-order valence-electron chi connectivity index (χ4n) is 5.68. The summed E-state index contributed by atoms with van der Waals surface area (Å²) in [5.41, 5.74) is 8.14. The molecule has 0 saturated carbocycles. The molecule has 0 bridgehead atoms. The van der Waals surface area contributed by atoms with Crippen molar-refractivity contribution in [2.24, 2.45) is 4.99 Å². The van der Waals surface area contributed by atoms with Crippen LogP contribution in [0.15, 0.2) is 78.2 Å². The van der Waals surface area contributed by atoms with Crippen LogP contribution in [-0.2, 0) is 9.53 Å². The van der Waals surface area contributed by atoms with Gasteiger partial charge in [0.15, 0.2) is 5.78 Å². The Labute approximate surface area is 330 Å². The lowest BCUT2D eigenvalue weighted by molar-refractivity contribution is 0.0189. The second-order valence-electron chi connectivity index (χ2n) is 13.1. The molecule has 0 spiro atoms. The molecule has 3 aromatic carbocycles. The molecule has 1 aliphatic rings. The highest BCUT2D eigenvalue weighted by Gasteiger charge is 2.30. The molecule has 280 valence electrons. The molecule has 13 nitrogen and oxygen atoms in total. The number of rotatable bonds is 6. The summed E-state index contributed by atoms with van der Waals surface area (Å²) >= 11 is 23.3. The van der Waals surface area contributed by atoms with Crippen LogP contribution < -0.4 is 16.4 Å². The molecular formula is C37H34Cl4N8O5. The zero-order chi connectivity index (χ0) is 39.2. The van der Waals surface area contributed by atoms with Gasteiger partial charge < -0.3 is 30.6 Å². The lowest BCUT2D eigenvalue weighted by atomic mass is 10.0. The number of amides is 3. The molecule has 3 amide bonds. The molecule has 2 aromatic heterocycles. The maximum absolute atomic E-state index is 13.8. The summed E-state index contributed by atoms with van der Waals surface area (Å²) in [6, 6.07) is 15.3. The lowest BCUT2D eigenvalue weighted by Crippen LogP contribution is -2.42. The molecule has 17 heteroatoms. The van der Waals surface area contributed by atoms with E-state index in [1.54, 1.807) is 59.6 Å². The number of piperidine rings is 1. The van der Waals surface area contributed by atoms with Crippen LogP contribution in [0.5, 0.6) is 0 Å². The number of nitrogens with two attached hydrogens (primary N) is 1. The van der Waals surface area contributed by atoms with Crippen LogP contribution >= 0.6 is 46.4 Å². The summed E-state index contributed by atoms with van der Waals surface area (Å²) in [7, 11) is 0. The van der Waals surface area contributed by atoms with Crippen molar-refractivity contribution in [2.75, 3.05) is 29.5 Å². The normalized spacial score (nSPS) is 13.0. The van der Waals surface area contributed by atoms with Gasteiger partial charge in [0, 0.05) is 62.4 Å². The first-order valence-electron chi connectivity index (χ1n) is 16.4. The Morgan fingerprint density at radius 1 is 0.889 bits per heavy atom. The third-order valence-electron chi connectivity index (χ3n) is 7.92. The highest BCUT2D eigenvalue weighted by Crippen LogP contribution is 2.33. The summed E-state index contributed by atoms with van der Waals surface area (Å²) in [5, 5.41) is 7.51. The summed E-state index contributed by atoms with van der Waals surface area (Å²) in [6.07, 6.45) is 5.47. The van der Waals surface area contributed by atoms with Crippen molar-refractivity contribution in [3.05, 3.63) is 104 Å². The standard InChI is InChI=1S/C30H31Cl2N7O4.C7H3Cl2NO/c1-30(2,3)43-29(42)38-9-7-22(8-10-38)39-15-23(24-26(33)34-16-35-27(24)39)25(40)17-5-4-6-20(11-17)36-28(41)37-21-13-18(31)12-19(32)14-21;8-5-1-6(9)3-7(2-5)10-4-11/h4-6,11-16,22H,7-10H2,1-3H3,(H2,33,34,35)(H2,36,37,41);1-3H. The number of ketones is 1. The van der Waals surface area contributed by atoms with Crippen molar-refractivity contribution < 1.29 is 23.9 Å². The predicted octanol–water partition coefficient (Wildman–Crippen LogP) is 9.73. The van der Waals surface area contributed by atoms with Gasteiger partial charge in [0.05, 0.1) is 16.6 Å². The van der Waals surface area contributed by atoms with Crippen LogP contribution in [-0.4, -0.2) is 62.1 Å². The van der Waals surface area contributed by atoms with Gasteiger partial charge in [-0.3, -0.25) is 4.79 Å². The maximum atomic E-state index is 13.8. The molecule has 1 aliphatic heterocycles. The van der Waals surface area contributed by atoms with Gasteiger partial charge >= 0.3 is 12.1 Å². The molecule has 0 atom stereocenters. The van der Waals surface area contributed by atoms with Gasteiger partial charge in [0.1, 0.15) is 23.4 Å². The minimum atomic E-state index is -0.574. The first kappa shape index (κ1) is 40.0. The number of urea groups is 1. The topological polar surface area (TPSA) is 174 Å². The molecule has 3 heterocycles. The minimum Gasteiger partial charge on any atom is -0.444 e. The Kier molecular flexibility index (Phi) is 12.8. The molecule has 0 aliphatic carbocycles. The van der Waals surface area contributed by atoms with Gasteiger partial charge in [0.2, 0.25) is 6.08 Å². The number of hydrogen-bond donors (Lipinski definition) is 3. The molecule has 1 saturated heterocycles. The highest BCUT2D eigenvalue weighted by atomic mass is 35.5. The molecule has 0 unspecified atom stereocenters. The second kappa shape index (κ2) is 17.3. The Hall–Kier alpha value is -5.17. The molecular weight excluding hydrogens is 778 g/mol. The number of nitrogens with one attached hydrogen (secondary N) is 2. The maximum Gasteiger partial charge on any atom is 0.410 e. The van der Waals surface area contributed by atoms with E-state index in [0.29, 0.717) is 85.2 Å².